The predicted octanol–water partition coefficient (Wildman–Crippen LogP) is 2.20. The Morgan fingerprint density at radius 3 is 1.50 bits per heavy atom. The maximum Gasteiger partial charge on any atom is 0.343 e. The summed E-state index contributed by atoms with van der Waals surface area (Å²) in [6.45, 7) is 10.3. The molecule has 72 valence electrons. The highest BCUT2D eigenvalue weighted by atomic mass is 31.2. The average Bonchev–Trinajstić information content (AvgIpc) is 1.99. The molecule has 0 bridgehead atoms. The second-order valence-electron chi connectivity index (χ2n) is 4.27. The zero-order chi connectivity index (χ0) is 9.62. The van der Waals surface area contributed by atoms with Gasteiger partial charge in [0.2, 0.25) is 0 Å². The van der Waals surface area contributed by atoms with Crippen LogP contribution >= 0.6 is 7.87 Å². The highest BCUT2D eigenvalue weighted by Gasteiger charge is 2.62. The molecule has 1 fully saturated rings. The van der Waals surface area contributed by atoms with Crippen LogP contribution in [0.25, 0.3) is 0 Å². The van der Waals surface area contributed by atoms with Crippen molar-refractivity contribution in [1.29, 1.82) is 0 Å². The van der Waals surface area contributed by atoms with Crippen LogP contribution in [0.5, 0.6) is 0 Å². The number of rotatable bonds is 1. The largest absolute Gasteiger partial charge is 0.343 e. The normalized spacial score (nSPS) is 30.5. The monoisotopic (exact) mass is 192 g/mol. The molecule has 1 saturated heterocycles. The molecule has 0 aliphatic carbocycles. The van der Waals surface area contributed by atoms with Crippen LogP contribution in [0.2, 0.25) is 0 Å². The first-order chi connectivity index (χ1) is 5.22. The van der Waals surface area contributed by atoms with Gasteiger partial charge < -0.3 is 0 Å². The van der Waals surface area contributed by atoms with Gasteiger partial charge in [0.05, 0.1) is 0 Å². The maximum absolute atomic E-state index is 5.88. The van der Waals surface area contributed by atoms with E-state index in [0.29, 0.717) is 0 Å². The summed E-state index contributed by atoms with van der Waals surface area (Å²) in [5.41, 5.74) is -0.420. The Morgan fingerprint density at radius 2 is 1.33 bits per heavy atom. The van der Waals surface area contributed by atoms with Crippen LogP contribution in [-0.4, -0.2) is 24.9 Å². The van der Waals surface area contributed by atoms with Gasteiger partial charge in [0.25, 0.3) is 0 Å². The van der Waals surface area contributed by atoms with Crippen LogP contribution < -0.4 is 5.09 Å². The van der Waals surface area contributed by atoms with Crippen molar-refractivity contribution < 1.29 is 9.05 Å². The smallest absolute Gasteiger partial charge is 0.178 e. The molecule has 1 aliphatic rings. The van der Waals surface area contributed by atoms with Gasteiger partial charge in [-0.3, -0.25) is 0 Å². The topological polar surface area (TPSA) is 30.5 Å². The lowest BCUT2D eigenvalue weighted by Gasteiger charge is -2.24. The molecule has 0 amide bonds. The van der Waals surface area contributed by atoms with Crippen molar-refractivity contribution in [3.63, 3.8) is 0 Å². The van der Waals surface area contributed by atoms with Gasteiger partial charge in [-0.1, -0.05) is 0 Å². The first-order valence-corrected chi connectivity index (χ1v) is 6.27. The Hall–Kier alpha value is 0.310. The Labute approximate surface area is 75.4 Å². The third-order valence-corrected chi connectivity index (χ3v) is 5.08. The van der Waals surface area contributed by atoms with Crippen LogP contribution in [0, 0.1) is 0 Å². The average molecular weight is 192 g/mol. The second kappa shape index (κ2) is 2.65. The van der Waals surface area contributed by atoms with Gasteiger partial charge in [-0.25, -0.2) is 0 Å². The molecule has 12 heavy (non-hydrogen) atoms. The minimum atomic E-state index is -1.79. The molecule has 0 aromatic heterocycles. The predicted molar refractivity (Wildman–Crippen MR) is 52.2 cm³/mol. The van der Waals surface area contributed by atoms with Crippen molar-refractivity contribution in [2.45, 2.75) is 38.9 Å². The van der Waals surface area contributed by atoms with E-state index in [-0.39, 0.29) is 11.2 Å². The molecule has 0 unspecified atom stereocenters. The van der Waals surface area contributed by atoms with Crippen LogP contribution in [-0.2, 0) is 9.05 Å². The number of hydrogen-bond donors (Lipinski definition) is 1. The van der Waals surface area contributed by atoms with Crippen LogP contribution in [0.4, 0.5) is 0 Å². The minimum absolute atomic E-state index is 0.210. The molecular weight excluding hydrogens is 173 g/mol. The third-order valence-electron chi connectivity index (χ3n) is 2.66. The number of hydrogen-bond acceptors (Lipinski definition) is 3. The van der Waals surface area contributed by atoms with Crippen molar-refractivity contribution in [3.05, 3.63) is 0 Å². The molecule has 1 heterocycles. The summed E-state index contributed by atoms with van der Waals surface area (Å²) in [6.07, 6.45) is 0. The van der Waals surface area contributed by atoms with Crippen LogP contribution in [0.1, 0.15) is 27.7 Å². The zero-order valence-electron chi connectivity index (χ0n) is 8.76. The van der Waals surface area contributed by atoms with E-state index in [0.717, 1.165) is 0 Å². The molecule has 0 aromatic rings. The standard InChI is InChI=1S/C8H19NO2P/c1-7(2)8(3,4)11-12(6,9-5)10-7/h9H,1-6H3/q+1. The fourth-order valence-electron chi connectivity index (χ4n) is 1.20. The van der Waals surface area contributed by atoms with Gasteiger partial charge in [-0.2, -0.15) is 9.05 Å². The summed E-state index contributed by atoms with van der Waals surface area (Å²) in [6, 6.07) is 0. The Bertz CT molecular complexity index is 175. The summed E-state index contributed by atoms with van der Waals surface area (Å²) < 4.78 is 11.8. The highest BCUT2D eigenvalue weighted by molar-refractivity contribution is 7.64. The minimum Gasteiger partial charge on any atom is -0.178 e. The van der Waals surface area contributed by atoms with Gasteiger partial charge in [0.15, 0.2) is 0 Å². The zero-order valence-corrected chi connectivity index (χ0v) is 9.66. The molecular formula is C8H19NO2P+. The van der Waals surface area contributed by atoms with Gasteiger partial charge in [0.1, 0.15) is 17.9 Å². The molecule has 3 nitrogen and oxygen atoms in total. The summed E-state index contributed by atoms with van der Waals surface area (Å²) >= 11 is 0. The molecule has 0 saturated carbocycles. The fourth-order valence-corrected chi connectivity index (χ4v) is 3.60. The quantitative estimate of drug-likeness (QED) is 0.646. The molecule has 0 radical (unpaired) electrons. The van der Waals surface area contributed by atoms with Crippen molar-refractivity contribution in [2.24, 2.45) is 0 Å². The van der Waals surface area contributed by atoms with Crippen molar-refractivity contribution in [1.82, 2.24) is 5.09 Å². The van der Waals surface area contributed by atoms with E-state index in [1.54, 1.807) is 0 Å². The summed E-state index contributed by atoms with van der Waals surface area (Å²) in [5.74, 6) is 0. The van der Waals surface area contributed by atoms with Crippen molar-refractivity contribution in [2.75, 3.05) is 13.7 Å². The number of nitrogens with one attached hydrogen (secondary N) is 1. The Morgan fingerprint density at radius 1 is 1.00 bits per heavy atom. The highest BCUT2D eigenvalue weighted by Crippen LogP contribution is 2.66. The maximum atomic E-state index is 5.88. The first kappa shape index (κ1) is 10.4. The molecule has 0 aromatic carbocycles. The van der Waals surface area contributed by atoms with Gasteiger partial charge in [0, 0.05) is 7.05 Å². The van der Waals surface area contributed by atoms with E-state index in [2.05, 4.69) is 32.8 Å². The van der Waals surface area contributed by atoms with E-state index in [1.165, 1.54) is 0 Å². The van der Waals surface area contributed by atoms with Crippen LogP contribution in [0.3, 0.4) is 0 Å². The van der Waals surface area contributed by atoms with E-state index in [4.69, 9.17) is 9.05 Å². The molecule has 1 aliphatic heterocycles. The molecule has 4 heteroatoms. The molecule has 1 N–H and O–H groups in total. The van der Waals surface area contributed by atoms with Gasteiger partial charge >= 0.3 is 7.87 Å². The first-order valence-electron chi connectivity index (χ1n) is 4.19. The molecule has 1 rings (SSSR count). The molecule has 0 atom stereocenters. The van der Waals surface area contributed by atoms with E-state index in [1.807, 2.05) is 13.7 Å². The van der Waals surface area contributed by atoms with E-state index in [9.17, 15) is 0 Å². The Balaban J connectivity index is 2.88. The van der Waals surface area contributed by atoms with Crippen molar-refractivity contribution >= 4 is 7.87 Å². The molecule has 0 spiro atoms. The van der Waals surface area contributed by atoms with E-state index < -0.39 is 7.87 Å². The lowest BCUT2D eigenvalue weighted by molar-refractivity contribution is 0.00578. The van der Waals surface area contributed by atoms with Crippen molar-refractivity contribution in [3.8, 4) is 0 Å². The lowest BCUT2D eigenvalue weighted by Crippen LogP contribution is -2.41. The van der Waals surface area contributed by atoms with Gasteiger partial charge in [-0.15, -0.1) is 5.09 Å². The van der Waals surface area contributed by atoms with E-state index >= 15 is 0 Å². The second-order valence-corrected chi connectivity index (χ2v) is 6.78. The van der Waals surface area contributed by atoms with Gasteiger partial charge in [-0.05, 0) is 27.7 Å². The summed E-state index contributed by atoms with van der Waals surface area (Å²) in [4.78, 5) is 0. The lowest BCUT2D eigenvalue weighted by atomic mass is 9.90. The SMILES string of the molecule is CN[P+]1(C)OC(C)(C)C(C)(C)O1. The Kier molecular flexibility index (Phi) is 2.29. The summed E-state index contributed by atoms with van der Waals surface area (Å²) in [7, 11) is 0.0862. The summed E-state index contributed by atoms with van der Waals surface area (Å²) in [5, 5.41) is 3.12. The fraction of sp³-hybridized carbons (Fsp3) is 1.00. The van der Waals surface area contributed by atoms with Crippen LogP contribution in [0.15, 0.2) is 0 Å². The third kappa shape index (κ3) is 1.51.